The Morgan fingerprint density at radius 3 is 2.56 bits per heavy atom. The number of hydrogen-bond donors (Lipinski definition) is 1. The van der Waals surface area contributed by atoms with E-state index in [9.17, 15) is 0 Å². The topological polar surface area (TPSA) is 29.3 Å². The maximum absolute atomic E-state index is 6.06. The Morgan fingerprint density at radius 2 is 2.06 bits per heavy atom. The first-order valence-corrected chi connectivity index (χ1v) is 6.90. The Bertz CT molecular complexity index is 245. The van der Waals surface area contributed by atoms with Crippen LogP contribution in [0.1, 0.15) is 52.9 Å². The summed E-state index contributed by atoms with van der Waals surface area (Å²) in [5, 5.41) is 0. The second-order valence-corrected chi connectivity index (χ2v) is 7.04. The molecule has 2 nitrogen and oxygen atoms in total. The molecule has 1 saturated carbocycles. The summed E-state index contributed by atoms with van der Waals surface area (Å²) >= 11 is 0. The van der Waals surface area contributed by atoms with Gasteiger partial charge in [-0.2, -0.15) is 0 Å². The standard InChI is InChI=1S/C14H28N2/c1-13(2)7-4-8-16(11-13)14(3,10-15)9-12-5-6-12/h12H,4-11,15H2,1-3H3. The third-order valence-corrected chi connectivity index (χ3v) is 4.53. The van der Waals surface area contributed by atoms with Crippen molar-refractivity contribution in [2.75, 3.05) is 19.6 Å². The molecule has 2 N–H and O–H groups in total. The maximum atomic E-state index is 6.06. The lowest BCUT2D eigenvalue weighted by Crippen LogP contribution is -2.56. The van der Waals surface area contributed by atoms with Crippen LogP contribution in [0.3, 0.4) is 0 Å². The van der Waals surface area contributed by atoms with Crippen molar-refractivity contribution in [3.05, 3.63) is 0 Å². The first kappa shape index (κ1) is 12.4. The number of nitrogens with two attached hydrogens (primary N) is 1. The molecule has 94 valence electrons. The van der Waals surface area contributed by atoms with Gasteiger partial charge in [-0.3, -0.25) is 4.90 Å². The van der Waals surface area contributed by atoms with Gasteiger partial charge in [0.05, 0.1) is 0 Å². The summed E-state index contributed by atoms with van der Waals surface area (Å²) in [6, 6.07) is 0. The Labute approximate surface area is 101 Å². The molecule has 2 fully saturated rings. The highest BCUT2D eigenvalue weighted by atomic mass is 15.2. The largest absolute Gasteiger partial charge is 0.329 e. The van der Waals surface area contributed by atoms with Crippen molar-refractivity contribution < 1.29 is 0 Å². The van der Waals surface area contributed by atoms with Crippen molar-refractivity contribution in [3.8, 4) is 0 Å². The van der Waals surface area contributed by atoms with Gasteiger partial charge in [0.2, 0.25) is 0 Å². The van der Waals surface area contributed by atoms with E-state index in [0.29, 0.717) is 5.41 Å². The SMILES string of the molecule is CC1(C)CCCN(C(C)(CN)CC2CC2)C1. The van der Waals surface area contributed by atoms with Gasteiger partial charge in [0, 0.05) is 18.6 Å². The molecule has 0 bridgehead atoms. The van der Waals surface area contributed by atoms with Crippen molar-refractivity contribution in [3.63, 3.8) is 0 Å². The minimum atomic E-state index is 0.263. The number of hydrogen-bond acceptors (Lipinski definition) is 2. The lowest BCUT2D eigenvalue weighted by Gasteiger charge is -2.48. The summed E-state index contributed by atoms with van der Waals surface area (Å²) in [7, 11) is 0. The van der Waals surface area contributed by atoms with Gasteiger partial charge >= 0.3 is 0 Å². The van der Waals surface area contributed by atoms with Gasteiger partial charge in [-0.25, -0.2) is 0 Å². The zero-order chi connectivity index (χ0) is 11.8. The summed E-state index contributed by atoms with van der Waals surface area (Å²) in [5.41, 5.74) is 6.81. The van der Waals surface area contributed by atoms with Crippen LogP contribution in [-0.2, 0) is 0 Å². The number of rotatable bonds is 4. The van der Waals surface area contributed by atoms with Crippen LogP contribution in [0.15, 0.2) is 0 Å². The molecule has 2 heteroatoms. The van der Waals surface area contributed by atoms with Crippen LogP contribution < -0.4 is 5.73 Å². The van der Waals surface area contributed by atoms with E-state index in [4.69, 9.17) is 5.73 Å². The van der Waals surface area contributed by atoms with E-state index in [0.717, 1.165) is 12.5 Å². The molecule has 0 amide bonds. The van der Waals surface area contributed by atoms with E-state index in [1.165, 1.54) is 45.2 Å². The minimum absolute atomic E-state index is 0.263. The van der Waals surface area contributed by atoms with Crippen molar-refractivity contribution in [1.29, 1.82) is 0 Å². The lowest BCUT2D eigenvalue weighted by atomic mass is 9.80. The molecule has 0 aromatic heterocycles. The number of piperidine rings is 1. The fraction of sp³-hybridized carbons (Fsp3) is 1.00. The molecule has 1 unspecified atom stereocenters. The van der Waals surface area contributed by atoms with E-state index in [2.05, 4.69) is 25.7 Å². The predicted octanol–water partition coefficient (Wildman–Crippen LogP) is 2.63. The van der Waals surface area contributed by atoms with Crippen molar-refractivity contribution >= 4 is 0 Å². The molecule has 1 atom stereocenters. The van der Waals surface area contributed by atoms with E-state index in [-0.39, 0.29) is 5.54 Å². The van der Waals surface area contributed by atoms with Crippen molar-refractivity contribution in [2.24, 2.45) is 17.1 Å². The van der Waals surface area contributed by atoms with Gasteiger partial charge in [0.1, 0.15) is 0 Å². The molecule has 2 aliphatic rings. The van der Waals surface area contributed by atoms with Crippen LogP contribution >= 0.6 is 0 Å². The summed E-state index contributed by atoms with van der Waals surface area (Å²) in [6.45, 7) is 10.5. The molecule has 0 radical (unpaired) electrons. The average Bonchev–Trinajstić information content (AvgIpc) is 3.00. The van der Waals surface area contributed by atoms with Gasteiger partial charge in [0.25, 0.3) is 0 Å². The summed E-state index contributed by atoms with van der Waals surface area (Å²) in [6.07, 6.45) is 6.90. The smallest absolute Gasteiger partial charge is 0.0306 e. The molecule has 1 saturated heterocycles. The van der Waals surface area contributed by atoms with Crippen molar-refractivity contribution in [1.82, 2.24) is 4.90 Å². The molecule has 1 heterocycles. The molecule has 0 spiro atoms. The summed E-state index contributed by atoms with van der Waals surface area (Å²) < 4.78 is 0. The molecular weight excluding hydrogens is 196 g/mol. The molecule has 0 aromatic carbocycles. The first-order chi connectivity index (χ1) is 7.45. The second kappa shape index (κ2) is 4.30. The van der Waals surface area contributed by atoms with Crippen LogP contribution in [0.2, 0.25) is 0 Å². The van der Waals surface area contributed by atoms with Crippen LogP contribution in [0.5, 0.6) is 0 Å². The average molecular weight is 224 g/mol. The Kier molecular flexibility index (Phi) is 3.33. The fourth-order valence-electron chi connectivity index (χ4n) is 3.17. The second-order valence-electron chi connectivity index (χ2n) is 7.04. The molecule has 0 aromatic rings. The monoisotopic (exact) mass is 224 g/mol. The highest BCUT2D eigenvalue weighted by Crippen LogP contribution is 2.41. The normalized spacial score (nSPS) is 30.0. The van der Waals surface area contributed by atoms with E-state index in [1.54, 1.807) is 0 Å². The molecular formula is C14H28N2. The Balaban J connectivity index is 2.01. The zero-order valence-corrected chi connectivity index (χ0v) is 11.3. The third kappa shape index (κ3) is 2.78. The van der Waals surface area contributed by atoms with Gasteiger partial charge in [-0.15, -0.1) is 0 Å². The van der Waals surface area contributed by atoms with Crippen LogP contribution in [0, 0.1) is 11.3 Å². The van der Waals surface area contributed by atoms with Gasteiger partial charge in [-0.1, -0.05) is 26.7 Å². The van der Waals surface area contributed by atoms with Crippen molar-refractivity contribution in [2.45, 2.75) is 58.4 Å². The minimum Gasteiger partial charge on any atom is -0.329 e. The number of likely N-dealkylation sites (tertiary alicyclic amines) is 1. The van der Waals surface area contributed by atoms with Crippen LogP contribution in [0.4, 0.5) is 0 Å². The quantitative estimate of drug-likeness (QED) is 0.795. The molecule has 1 aliphatic heterocycles. The molecule has 16 heavy (non-hydrogen) atoms. The van der Waals surface area contributed by atoms with Gasteiger partial charge in [0.15, 0.2) is 0 Å². The van der Waals surface area contributed by atoms with E-state index in [1.807, 2.05) is 0 Å². The van der Waals surface area contributed by atoms with Gasteiger partial charge < -0.3 is 5.73 Å². The van der Waals surface area contributed by atoms with E-state index < -0.39 is 0 Å². The molecule has 1 aliphatic carbocycles. The first-order valence-electron chi connectivity index (χ1n) is 6.90. The fourth-order valence-corrected chi connectivity index (χ4v) is 3.17. The third-order valence-electron chi connectivity index (χ3n) is 4.53. The highest BCUT2D eigenvalue weighted by molar-refractivity contribution is 4.96. The summed E-state index contributed by atoms with van der Waals surface area (Å²) in [5.74, 6) is 0.971. The highest BCUT2D eigenvalue weighted by Gasteiger charge is 2.40. The lowest BCUT2D eigenvalue weighted by molar-refractivity contribution is 0.0204. The zero-order valence-electron chi connectivity index (χ0n) is 11.3. The Morgan fingerprint density at radius 1 is 1.38 bits per heavy atom. The number of nitrogens with zero attached hydrogens (tertiary/aromatic N) is 1. The molecule has 2 rings (SSSR count). The predicted molar refractivity (Wildman–Crippen MR) is 69.4 cm³/mol. The van der Waals surface area contributed by atoms with E-state index >= 15 is 0 Å². The Hall–Kier alpha value is -0.0800. The van der Waals surface area contributed by atoms with Crippen LogP contribution in [0.25, 0.3) is 0 Å². The van der Waals surface area contributed by atoms with Gasteiger partial charge in [-0.05, 0) is 44.1 Å². The van der Waals surface area contributed by atoms with Crippen LogP contribution in [-0.4, -0.2) is 30.1 Å². The summed E-state index contributed by atoms with van der Waals surface area (Å²) in [4.78, 5) is 2.68. The maximum Gasteiger partial charge on any atom is 0.0306 e.